The summed E-state index contributed by atoms with van der Waals surface area (Å²) in [5.41, 5.74) is 0.448. The summed E-state index contributed by atoms with van der Waals surface area (Å²) in [6.45, 7) is 4.15. The van der Waals surface area contributed by atoms with Gasteiger partial charge in [-0.05, 0) is 19.8 Å². The fourth-order valence-corrected chi connectivity index (χ4v) is 2.20. The summed E-state index contributed by atoms with van der Waals surface area (Å²) in [6, 6.07) is 0. The molecule has 0 aromatic carbocycles. The lowest BCUT2D eigenvalue weighted by molar-refractivity contribution is 0.0474. The van der Waals surface area contributed by atoms with E-state index in [1.165, 1.54) is 0 Å². The molecular weight excluding hydrogens is 204 g/mol. The molecule has 0 aliphatic heterocycles. The van der Waals surface area contributed by atoms with Gasteiger partial charge in [-0.25, -0.2) is 0 Å². The summed E-state index contributed by atoms with van der Waals surface area (Å²) in [4.78, 5) is 1.67. The number of aryl methyl sites for hydroxylation is 1. The number of aliphatic hydroxyl groups is 1. The van der Waals surface area contributed by atoms with Crippen molar-refractivity contribution in [3.8, 4) is 0 Å². The summed E-state index contributed by atoms with van der Waals surface area (Å²) < 4.78 is 0. The van der Waals surface area contributed by atoms with Gasteiger partial charge in [-0.1, -0.05) is 12.8 Å². The number of nitrogens with zero attached hydrogens (tertiary/aromatic N) is 3. The summed E-state index contributed by atoms with van der Waals surface area (Å²) in [5, 5.41) is 21.8. The van der Waals surface area contributed by atoms with E-state index in [1.807, 2.05) is 6.92 Å². The minimum Gasteiger partial charge on any atom is -0.389 e. The van der Waals surface area contributed by atoms with Gasteiger partial charge in [0.1, 0.15) is 0 Å². The van der Waals surface area contributed by atoms with Crippen LogP contribution in [-0.2, 0) is 13.1 Å². The van der Waals surface area contributed by atoms with Crippen molar-refractivity contribution in [1.29, 1.82) is 0 Å². The van der Waals surface area contributed by atoms with E-state index in [9.17, 15) is 5.11 Å². The highest BCUT2D eigenvalue weighted by molar-refractivity contribution is 4.92. The Bertz CT molecular complexity index is 330. The largest absolute Gasteiger partial charge is 0.389 e. The Morgan fingerprint density at radius 1 is 1.50 bits per heavy atom. The van der Waals surface area contributed by atoms with Crippen LogP contribution in [0.2, 0.25) is 0 Å². The topological polar surface area (TPSA) is 63.0 Å². The molecule has 0 saturated heterocycles. The average Bonchev–Trinajstić information content (AvgIpc) is 2.88. The second kappa shape index (κ2) is 4.93. The highest BCUT2D eigenvalue weighted by Gasteiger charge is 2.30. The second-order valence-corrected chi connectivity index (χ2v) is 4.56. The first-order chi connectivity index (χ1) is 7.72. The van der Waals surface area contributed by atoms with Gasteiger partial charge in [0.05, 0.1) is 24.0 Å². The zero-order valence-corrected chi connectivity index (χ0v) is 9.82. The molecule has 0 bridgehead atoms. The van der Waals surface area contributed by atoms with E-state index < -0.39 is 5.60 Å². The molecule has 5 nitrogen and oxygen atoms in total. The molecule has 90 valence electrons. The van der Waals surface area contributed by atoms with Crippen molar-refractivity contribution in [3.05, 3.63) is 11.9 Å². The van der Waals surface area contributed by atoms with E-state index in [1.54, 1.807) is 11.0 Å². The van der Waals surface area contributed by atoms with Gasteiger partial charge in [0.2, 0.25) is 0 Å². The number of aromatic nitrogens is 3. The Morgan fingerprint density at radius 3 is 2.88 bits per heavy atom. The monoisotopic (exact) mass is 224 g/mol. The zero-order valence-electron chi connectivity index (χ0n) is 9.82. The molecule has 2 rings (SSSR count). The van der Waals surface area contributed by atoms with Crippen LogP contribution >= 0.6 is 0 Å². The Hall–Kier alpha value is -0.940. The molecule has 0 radical (unpaired) electrons. The molecule has 1 aliphatic carbocycles. The van der Waals surface area contributed by atoms with Crippen molar-refractivity contribution in [2.24, 2.45) is 0 Å². The second-order valence-electron chi connectivity index (χ2n) is 4.56. The molecule has 1 saturated carbocycles. The number of rotatable bonds is 5. The van der Waals surface area contributed by atoms with E-state index in [0.717, 1.165) is 37.9 Å². The third-order valence-electron chi connectivity index (χ3n) is 3.16. The smallest absolute Gasteiger partial charge is 0.0964 e. The van der Waals surface area contributed by atoms with Crippen LogP contribution in [-0.4, -0.2) is 32.2 Å². The van der Waals surface area contributed by atoms with Crippen LogP contribution in [0.15, 0.2) is 6.20 Å². The van der Waals surface area contributed by atoms with Gasteiger partial charge in [-0.15, -0.1) is 0 Å². The van der Waals surface area contributed by atoms with Crippen LogP contribution in [0, 0.1) is 0 Å². The van der Waals surface area contributed by atoms with Gasteiger partial charge in [0.25, 0.3) is 0 Å². The highest BCUT2D eigenvalue weighted by Crippen LogP contribution is 2.28. The molecule has 0 spiro atoms. The molecule has 0 amide bonds. The normalized spacial score (nSPS) is 19.1. The Kier molecular flexibility index (Phi) is 3.56. The van der Waals surface area contributed by atoms with Crippen molar-refractivity contribution in [2.75, 3.05) is 6.54 Å². The molecule has 16 heavy (non-hydrogen) atoms. The molecule has 5 heteroatoms. The third-order valence-corrected chi connectivity index (χ3v) is 3.16. The van der Waals surface area contributed by atoms with E-state index in [0.29, 0.717) is 13.1 Å². The maximum Gasteiger partial charge on any atom is 0.0964 e. The first kappa shape index (κ1) is 11.5. The van der Waals surface area contributed by atoms with Crippen LogP contribution in [0.1, 0.15) is 38.3 Å². The quantitative estimate of drug-likeness (QED) is 0.772. The fraction of sp³-hybridized carbons (Fsp3) is 0.818. The molecule has 0 atom stereocenters. The van der Waals surface area contributed by atoms with Crippen LogP contribution < -0.4 is 5.32 Å². The van der Waals surface area contributed by atoms with Crippen LogP contribution in [0.5, 0.6) is 0 Å². The predicted octanol–water partition coefficient (Wildman–Crippen LogP) is 0.693. The van der Waals surface area contributed by atoms with E-state index in [2.05, 4.69) is 15.5 Å². The lowest BCUT2D eigenvalue weighted by Crippen LogP contribution is -2.37. The van der Waals surface area contributed by atoms with Crippen molar-refractivity contribution in [3.63, 3.8) is 0 Å². The Balaban J connectivity index is 1.75. The van der Waals surface area contributed by atoms with Crippen molar-refractivity contribution in [1.82, 2.24) is 20.3 Å². The summed E-state index contributed by atoms with van der Waals surface area (Å²) >= 11 is 0. The molecule has 0 unspecified atom stereocenters. The molecule has 1 aliphatic rings. The Morgan fingerprint density at radius 2 is 2.25 bits per heavy atom. The maximum atomic E-state index is 10.1. The van der Waals surface area contributed by atoms with Gasteiger partial charge in [-0.3, -0.25) is 0 Å². The van der Waals surface area contributed by atoms with E-state index >= 15 is 0 Å². The molecule has 1 fully saturated rings. The lowest BCUT2D eigenvalue weighted by atomic mass is 10.0. The summed E-state index contributed by atoms with van der Waals surface area (Å²) in [6.07, 6.45) is 5.90. The first-order valence-electron chi connectivity index (χ1n) is 6.04. The minimum atomic E-state index is -0.485. The standard InChI is InChI=1S/C11H20N4O/c1-2-15-13-8-10(14-15)7-12-9-11(16)5-3-4-6-11/h8,12,16H,2-7,9H2,1H3. The molecule has 2 N–H and O–H groups in total. The van der Waals surface area contributed by atoms with Crippen LogP contribution in [0.3, 0.4) is 0 Å². The lowest BCUT2D eigenvalue weighted by Gasteiger charge is -2.21. The predicted molar refractivity (Wildman–Crippen MR) is 60.8 cm³/mol. The van der Waals surface area contributed by atoms with Crippen molar-refractivity contribution >= 4 is 0 Å². The molecule has 1 aromatic rings. The van der Waals surface area contributed by atoms with Crippen LogP contribution in [0.4, 0.5) is 0 Å². The van der Waals surface area contributed by atoms with Crippen molar-refractivity contribution < 1.29 is 5.11 Å². The number of nitrogens with one attached hydrogen (secondary N) is 1. The van der Waals surface area contributed by atoms with Gasteiger partial charge >= 0.3 is 0 Å². The summed E-state index contributed by atoms with van der Waals surface area (Å²) in [5.74, 6) is 0. The van der Waals surface area contributed by atoms with Gasteiger partial charge < -0.3 is 10.4 Å². The molecular formula is C11H20N4O. The average molecular weight is 224 g/mol. The molecule has 1 aromatic heterocycles. The van der Waals surface area contributed by atoms with E-state index in [-0.39, 0.29) is 0 Å². The Labute approximate surface area is 95.8 Å². The maximum absolute atomic E-state index is 10.1. The van der Waals surface area contributed by atoms with Gasteiger partial charge in [-0.2, -0.15) is 15.0 Å². The third kappa shape index (κ3) is 2.80. The van der Waals surface area contributed by atoms with Crippen molar-refractivity contribution in [2.45, 2.75) is 51.3 Å². The molecule has 1 heterocycles. The summed E-state index contributed by atoms with van der Waals surface area (Å²) in [7, 11) is 0. The highest BCUT2D eigenvalue weighted by atomic mass is 16.3. The first-order valence-corrected chi connectivity index (χ1v) is 6.04. The van der Waals surface area contributed by atoms with Crippen LogP contribution in [0.25, 0.3) is 0 Å². The van der Waals surface area contributed by atoms with Gasteiger partial charge in [0.15, 0.2) is 0 Å². The minimum absolute atomic E-state index is 0.485. The zero-order chi connectivity index (χ0) is 11.4. The van der Waals surface area contributed by atoms with Gasteiger partial charge in [0, 0.05) is 13.1 Å². The fourth-order valence-electron chi connectivity index (χ4n) is 2.20. The van der Waals surface area contributed by atoms with E-state index in [4.69, 9.17) is 0 Å². The number of hydrogen-bond donors (Lipinski definition) is 2. The SMILES string of the molecule is CCn1ncc(CNCC2(O)CCCC2)n1. The number of hydrogen-bond acceptors (Lipinski definition) is 4.